The maximum absolute atomic E-state index is 11.9. The summed E-state index contributed by atoms with van der Waals surface area (Å²) in [6, 6.07) is 16.1. The van der Waals surface area contributed by atoms with Crippen LogP contribution < -0.4 is 4.74 Å². The van der Waals surface area contributed by atoms with Gasteiger partial charge in [0, 0.05) is 6.42 Å². The Labute approximate surface area is 141 Å². The molecule has 0 saturated carbocycles. The van der Waals surface area contributed by atoms with E-state index in [4.69, 9.17) is 14.2 Å². The Balaban J connectivity index is 1.73. The zero-order valence-electron chi connectivity index (χ0n) is 13.5. The minimum atomic E-state index is -0.812. The van der Waals surface area contributed by atoms with Crippen LogP contribution in [0.15, 0.2) is 54.6 Å². The molecule has 24 heavy (non-hydrogen) atoms. The molecule has 2 rings (SSSR count). The third kappa shape index (κ3) is 5.52. The molecule has 2 aromatic rings. The molecular weight excluding hydrogens is 308 g/mol. The van der Waals surface area contributed by atoms with E-state index >= 15 is 0 Å². The number of benzene rings is 2. The molecule has 0 bridgehead atoms. The van der Waals surface area contributed by atoms with Crippen LogP contribution in [0.2, 0.25) is 0 Å². The zero-order valence-corrected chi connectivity index (χ0v) is 13.5. The monoisotopic (exact) mass is 328 g/mol. The van der Waals surface area contributed by atoms with Gasteiger partial charge in [-0.15, -0.1) is 0 Å². The number of carbonyl (C=O) groups excluding carboxylic acids is 2. The Morgan fingerprint density at radius 1 is 1.08 bits per heavy atom. The van der Waals surface area contributed by atoms with E-state index in [0.717, 1.165) is 11.3 Å². The minimum Gasteiger partial charge on any atom is -0.497 e. The molecule has 0 aliphatic rings. The Hall–Kier alpha value is -2.66. The van der Waals surface area contributed by atoms with Gasteiger partial charge in [-0.25, -0.2) is 4.79 Å². The highest BCUT2D eigenvalue weighted by Crippen LogP contribution is 2.12. The van der Waals surface area contributed by atoms with Gasteiger partial charge < -0.3 is 14.2 Å². The summed E-state index contributed by atoms with van der Waals surface area (Å²) in [4.78, 5) is 23.0. The molecule has 5 nitrogen and oxygen atoms in total. The first-order chi connectivity index (χ1) is 11.7. The second-order valence-electron chi connectivity index (χ2n) is 5.14. The number of esters is 1. The normalized spacial score (nSPS) is 11.5. The third-order valence-corrected chi connectivity index (χ3v) is 3.39. The maximum atomic E-state index is 11.9. The van der Waals surface area contributed by atoms with Gasteiger partial charge in [0.05, 0.1) is 25.9 Å². The SMILES string of the molecule is COc1ccc(COCCC(C=O)OC(=O)c2ccccc2)cc1. The fourth-order valence-electron chi connectivity index (χ4n) is 2.05. The fraction of sp³-hybridized carbons (Fsp3) is 0.263. The number of methoxy groups -OCH3 is 1. The summed E-state index contributed by atoms with van der Waals surface area (Å²) in [5.74, 6) is 0.274. The number of ether oxygens (including phenoxy) is 3. The standard InChI is InChI=1S/C19H20O5/c1-22-17-9-7-15(8-10-17)14-23-12-11-18(13-20)24-19(21)16-5-3-2-4-6-16/h2-10,13,18H,11-12,14H2,1H3. The molecule has 0 spiro atoms. The number of rotatable bonds is 9. The van der Waals surface area contributed by atoms with Gasteiger partial charge in [-0.05, 0) is 29.8 Å². The average Bonchev–Trinajstić information content (AvgIpc) is 2.65. The Morgan fingerprint density at radius 3 is 2.42 bits per heavy atom. The molecule has 0 aliphatic carbocycles. The molecule has 0 heterocycles. The lowest BCUT2D eigenvalue weighted by atomic mass is 10.2. The summed E-state index contributed by atoms with van der Waals surface area (Å²) >= 11 is 0. The van der Waals surface area contributed by atoms with Gasteiger partial charge in [-0.2, -0.15) is 0 Å². The van der Waals surface area contributed by atoms with Crippen LogP contribution in [0.3, 0.4) is 0 Å². The minimum absolute atomic E-state index is 0.317. The molecule has 5 heteroatoms. The van der Waals surface area contributed by atoms with Gasteiger partial charge in [0.15, 0.2) is 12.4 Å². The second kappa shape index (κ2) is 9.47. The van der Waals surface area contributed by atoms with E-state index in [-0.39, 0.29) is 0 Å². The summed E-state index contributed by atoms with van der Waals surface area (Å²) < 4.78 is 15.8. The number of hydrogen-bond acceptors (Lipinski definition) is 5. The molecule has 0 aromatic heterocycles. The molecule has 0 radical (unpaired) electrons. The van der Waals surface area contributed by atoms with Crippen molar-refractivity contribution >= 4 is 12.3 Å². The quantitative estimate of drug-likeness (QED) is 0.402. The maximum Gasteiger partial charge on any atom is 0.338 e. The lowest BCUT2D eigenvalue weighted by Gasteiger charge is -2.12. The number of aldehydes is 1. The predicted molar refractivity (Wildman–Crippen MR) is 89.0 cm³/mol. The largest absolute Gasteiger partial charge is 0.497 e. The Morgan fingerprint density at radius 2 is 1.79 bits per heavy atom. The first-order valence-corrected chi connectivity index (χ1v) is 7.65. The molecule has 0 N–H and O–H groups in total. The topological polar surface area (TPSA) is 61.8 Å². The van der Waals surface area contributed by atoms with Crippen LogP contribution in [-0.2, 0) is 20.9 Å². The Kier molecular flexibility index (Phi) is 6.98. The fourth-order valence-corrected chi connectivity index (χ4v) is 2.05. The molecular formula is C19H20O5. The van der Waals surface area contributed by atoms with Crippen molar-refractivity contribution in [1.82, 2.24) is 0 Å². The molecule has 0 aliphatic heterocycles. The van der Waals surface area contributed by atoms with Crippen LogP contribution in [0.4, 0.5) is 0 Å². The Bertz CT molecular complexity index is 637. The summed E-state index contributed by atoms with van der Waals surface area (Å²) in [7, 11) is 1.61. The van der Waals surface area contributed by atoms with Crippen molar-refractivity contribution in [1.29, 1.82) is 0 Å². The van der Waals surface area contributed by atoms with Crippen molar-refractivity contribution in [2.45, 2.75) is 19.1 Å². The van der Waals surface area contributed by atoms with Crippen LogP contribution in [0, 0.1) is 0 Å². The summed E-state index contributed by atoms with van der Waals surface area (Å²) in [6.45, 7) is 0.736. The molecule has 1 unspecified atom stereocenters. The van der Waals surface area contributed by atoms with Gasteiger partial charge in [0.25, 0.3) is 0 Å². The first-order valence-electron chi connectivity index (χ1n) is 7.65. The molecule has 0 amide bonds. The van der Waals surface area contributed by atoms with E-state index in [0.29, 0.717) is 31.5 Å². The van der Waals surface area contributed by atoms with Crippen LogP contribution in [0.5, 0.6) is 5.75 Å². The van der Waals surface area contributed by atoms with Crippen LogP contribution >= 0.6 is 0 Å². The van der Waals surface area contributed by atoms with Crippen LogP contribution in [-0.4, -0.2) is 32.1 Å². The summed E-state index contributed by atoms with van der Waals surface area (Å²) in [5.41, 5.74) is 1.42. The van der Waals surface area contributed by atoms with Gasteiger partial charge in [-0.1, -0.05) is 30.3 Å². The van der Waals surface area contributed by atoms with Crippen LogP contribution in [0.1, 0.15) is 22.3 Å². The zero-order chi connectivity index (χ0) is 17.2. The highest BCUT2D eigenvalue weighted by Gasteiger charge is 2.14. The van der Waals surface area contributed by atoms with Crippen molar-refractivity contribution in [3.05, 3.63) is 65.7 Å². The van der Waals surface area contributed by atoms with E-state index in [9.17, 15) is 9.59 Å². The van der Waals surface area contributed by atoms with E-state index in [1.165, 1.54) is 0 Å². The number of hydrogen-bond donors (Lipinski definition) is 0. The van der Waals surface area contributed by atoms with Crippen LogP contribution in [0.25, 0.3) is 0 Å². The first kappa shape index (κ1) is 17.7. The predicted octanol–water partition coefficient (Wildman–Crippen LogP) is 3.03. The van der Waals surface area contributed by atoms with Gasteiger partial charge >= 0.3 is 5.97 Å². The van der Waals surface area contributed by atoms with Crippen molar-refractivity contribution < 1.29 is 23.8 Å². The highest BCUT2D eigenvalue weighted by molar-refractivity contribution is 5.90. The van der Waals surface area contributed by atoms with E-state index < -0.39 is 12.1 Å². The van der Waals surface area contributed by atoms with Crippen molar-refractivity contribution in [3.8, 4) is 5.75 Å². The third-order valence-electron chi connectivity index (χ3n) is 3.39. The average molecular weight is 328 g/mol. The lowest BCUT2D eigenvalue weighted by Crippen LogP contribution is -2.21. The van der Waals surface area contributed by atoms with E-state index in [1.807, 2.05) is 24.3 Å². The molecule has 0 saturated heterocycles. The molecule has 2 aromatic carbocycles. The van der Waals surface area contributed by atoms with Gasteiger partial charge in [-0.3, -0.25) is 4.79 Å². The molecule has 0 fully saturated rings. The lowest BCUT2D eigenvalue weighted by molar-refractivity contribution is -0.116. The van der Waals surface area contributed by atoms with Crippen molar-refractivity contribution in [2.24, 2.45) is 0 Å². The van der Waals surface area contributed by atoms with Gasteiger partial charge in [0.1, 0.15) is 5.75 Å². The smallest absolute Gasteiger partial charge is 0.338 e. The summed E-state index contributed by atoms with van der Waals surface area (Å²) in [6.07, 6.45) is 0.129. The van der Waals surface area contributed by atoms with E-state index in [2.05, 4.69) is 0 Å². The highest BCUT2D eigenvalue weighted by atomic mass is 16.5. The molecule has 126 valence electrons. The van der Waals surface area contributed by atoms with E-state index in [1.54, 1.807) is 37.4 Å². The van der Waals surface area contributed by atoms with Gasteiger partial charge in [0.2, 0.25) is 0 Å². The summed E-state index contributed by atoms with van der Waals surface area (Å²) in [5, 5.41) is 0. The molecule has 1 atom stereocenters. The van der Waals surface area contributed by atoms with Crippen molar-refractivity contribution in [3.63, 3.8) is 0 Å². The van der Waals surface area contributed by atoms with Crippen molar-refractivity contribution in [2.75, 3.05) is 13.7 Å². The second-order valence-corrected chi connectivity index (χ2v) is 5.14. The number of carbonyl (C=O) groups is 2.